The van der Waals surface area contributed by atoms with Gasteiger partial charge in [0, 0.05) is 30.3 Å². The van der Waals surface area contributed by atoms with Crippen LogP contribution >= 0.6 is 11.6 Å². The molecule has 24 heavy (non-hydrogen) atoms. The normalized spacial score (nSPS) is 16.9. The molecular weight excluding hydrogens is 330 g/mol. The Labute approximate surface area is 145 Å². The minimum atomic E-state index is -0.0603. The van der Waals surface area contributed by atoms with Crippen molar-refractivity contribution >= 4 is 17.5 Å². The molecule has 1 amide bonds. The van der Waals surface area contributed by atoms with Gasteiger partial charge < -0.3 is 14.4 Å². The third kappa shape index (κ3) is 4.35. The summed E-state index contributed by atoms with van der Waals surface area (Å²) in [5.41, 5.74) is 0. The lowest BCUT2D eigenvalue weighted by atomic mass is 10.3. The molecule has 0 N–H and O–H groups in total. The van der Waals surface area contributed by atoms with Crippen LogP contribution in [-0.2, 0) is 4.79 Å². The number of aryl methyl sites for hydroxylation is 1. The van der Waals surface area contributed by atoms with E-state index in [9.17, 15) is 4.79 Å². The van der Waals surface area contributed by atoms with Crippen molar-refractivity contribution in [2.24, 2.45) is 0 Å². The number of aromatic nitrogens is 2. The molecule has 1 aromatic carbocycles. The first kappa shape index (κ1) is 16.5. The molecule has 6 nitrogen and oxygen atoms in total. The Kier molecular flexibility index (Phi) is 5.15. The number of likely N-dealkylation sites (tertiary alicyclic amines) is 1. The van der Waals surface area contributed by atoms with E-state index in [-0.39, 0.29) is 18.6 Å². The molecule has 0 saturated carbocycles. The molecule has 1 fully saturated rings. The average molecular weight is 348 g/mol. The van der Waals surface area contributed by atoms with E-state index < -0.39 is 0 Å². The van der Waals surface area contributed by atoms with Gasteiger partial charge in [-0.2, -0.15) is 4.98 Å². The SMILES string of the molecule is Cc1nccc(O[C@@H]2CCN(C(=O)COc3ccc(Cl)cc3)C2)n1. The van der Waals surface area contributed by atoms with Crippen molar-refractivity contribution < 1.29 is 14.3 Å². The number of amides is 1. The van der Waals surface area contributed by atoms with Gasteiger partial charge in [0.1, 0.15) is 17.7 Å². The molecule has 0 bridgehead atoms. The van der Waals surface area contributed by atoms with Crippen LogP contribution in [0.1, 0.15) is 12.2 Å². The van der Waals surface area contributed by atoms with Crippen molar-refractivity contribution in [3.63, 3.8) is 0 Å². The summed E-state index contributed by atoms with van der Waals surface area (Å²) in [6, 6.07) is 8.66. The molecule has 1 aromatic heterocycles. The number of ether oxygens (including phenoxy) is 2. The van der Waals surface area contributed by atoms with Crippen molar-refractivity contribution in [2.75, 3.05) is 19.7 Å². The second-order valence-electron chi connectivity index (χ2n) is 5.55. The van der Waals surface area contributed by atoms with E-state index in [1.165, 1.54) is 0 Å². The number of carbonyl (C=O) groups excluding carboxylic acids is 1. The molecule has 126 valence electrons. The molecule has 7 heteroatoms. The maximum absolute atomic E-state index is 12.2. The van der Waals surface area contributed by atoms with Gasteiger partial charge in [-0.05, 0) is 31.2 Å². The topological polar surface area (TPSA) is 64.5 Å². The number of carbonyl (C=O) groups is 1. The second kappa shape index (κ2) is 7.49. The van der Waals surface area contributed by atoms with Crippen LogP contribution in [0, 0.1) is 6.92 Å². The lowest BCUT2D eigenvalue weighted by Crippen LogP contribution is -2.34. The van der Waals surface area contributed by atoms with Crippen molar-refractivity contribution in [3.05, 3.63) is 47.4 Å². The smallest absolute Gasteiger partial charge is 0.260 e. The second-order valence-corrected chi connectivity index (χ2v) is 5.99. The molecule has 2 aromatic rings. The highest BCUT2D eigenvalue weighted by atomic mass is 35.5. The zero-order valence-electron chi connectivity index (χ0n) is 13.3. The number of halogens is 1. The predicted octanol–water partition coefficient (Wildman–Crippen LogP) is 2.50. The first-order chi connectivity index (χ1) is 11.6. The van der Waals surface area contributed by atoms with Crippen LogP contribution in [0.15, 0.2) is 36.5 Å². The average Bonchev–Trinajstić information content (AvgIpc) is 3.03. The highest BCUT2D eigenvalue weighted by Gasteiger charge is 2.28. The minimum Gasteiger partial charge on any atom is -0.484 e. The third-order valence-corrected chi connectivity index (χ3v) is 3.96. The van der Waals surface area contributed by atoms with Gasteiger partial charge in [-0.25, -0.2) is 4.98 Å². The Hall–Kier alpha value is -2.34. The summed E-state index contributed by atoms with van der Waals surface area (Å²) in [5, 5.41) is 0.633. The van der Waals surface area contributed by atoms with Gasteiger partial charge in [-0.15, -0.1) is 0 Å². The fraction of sp³-hybridized carbons (Fsp3) is 0.353. The number of benzene rings is 1. The van der Waals surface area contributed by atoms with Crippen LogP contribution in [0.3, 0.4) is 0 Å². The predicted molar refractivity (Wildman–Crippen MR) is 89.3 cm³/mol. The highest BCUT2D eigenvalue weighted by Crippen LogP contribution is 2.18. The van der Waals surface area contributed by atoms with Crippen LogP contribution in [0.4, 0.5) is 0 Å². The van der Waals surface area contributed by atoms with E-state index in [2.05, 4.69) is 9.97 Å². The van der Waals surface area contributed by atoms with Crippen LogP contribution in [0.5, 0.6) is 11.6 Å². The van der Waals surface area contributed by atoms with E-state index in [1.54, 1.807) is 41.4 Å². The van der Waals surface area contributed by atoms with E-state index in [4.69, 9.17) is 21.1 Å². The summed E-state index contributed by atoms with van der Waals surface area (Å²) in [4.78, 5) is 22.2. The van der Waals surface area contributed by atoms with Gasteiger partial charge >= 0.3 is 0 Å². The van der Waals surface area contributed by atoms with Gasteiger partial charge in [0.15, 0.2) is 6.61 Å². The Morgan fingerprint density at radius 3 is 2.88 bits per heavy atom. The number of nitrogens with zero attached hydrogens (tertiary/aromatic N) is 3. The molecule has 0 spiro atoms. The maximum Gasteiger partial charge on any atom is 0.260 e. The summed E-state index contributed by atoms with van der Waals surface area (Å²) in [7, 11) is 0. The Balaban J connectivity index is 1.48. The van der Waals surface area contributed by atoms with Crippen molar-refractivity contribution in [1.29, 1.82) is 0 Å². The summed E-state index contributed by atoms with van der Waals surface area (Å²) in [6.07, 6.45) is 2.38. The van der Waals surface area contributed by atoms with Gasteiger partial charge in [0.25, 0.3) is 5.91 Å². The lowest BCUT2D eigenvalue weighted by molar-refractivity contribution is -0.132. The zero-order chi connectivity index (χ0) is 16.9. The first-order valence-electron chi connectivity index (χ1n) is 7.72. The minimum absolute atomic E-state index is 0.000960. The Morgan fingerprint density at radius 2 is 2.12 bits per heavy atom. The number of hydrogen-bond acceptors (Lipinski definition) is 5. The monoisotopic (exact) mass is 347 g/mol. The molecule has 3 rings (SSSR count). The molecule has 0 unspecified atom stereocenters. The van der Waals surface area contributed by atoms with Crippen LogP contribution in [0.2, 0.25) is 5.02 Å². The van der Waals surface area contributed by atoms with Gasteiger partial charge in [0.05, 0.1) is 6.54 Å². The van der Waals surface area contributed by atoms with Crippen molar-refractivity contribution in [1.82, 2.24) is 14.9 Å². The van der Waals surface area contributed by atoms with E-state index in [1.807, 2.05) is 6.92 Å². The molecule has 0 aliphatic carbocycles. The van der Waals surface area contributed by atoms with Crippen molar-refractivity contribution in [2.45, 2.75) is 19.4 Å². The van der Waals surface area contributed by atoms with Gasteiger partial charge in [0.2, 0.25) is 5.88 Å². The Bertz CT molecular complexity index is 708. The number of hydrogen-bond donors (Lipinski definition) is 0. The van der Waals surface area contributed by atoms with E-state index in [0.29, 0.717) is 35.6 Å². The highest BCUT2D eigenvalue weighted by molar-refractivity contribution is 6.30. The molecule has 1 aliphatic heterocycles. The molecule has 0 radical (unpaired) electrons. The summed E-state index contributed by atoms with van der Waals surface area (Å²) < 4.78 is 11.3. The van der Waals surface area contributed by atoms with Crippen LogP contribution in [0.25, 0.3) is 0 Å². The molecule has 2 heterocycles. The van der Waals surface area contributed by atoms with Crippen LogP contribution in [-0.4, -0.2) is 46.6 Å². The summed E-state index contributed by atoms with van der Waals surface area (Å²) in [6.45, 7) is 3.00. The fourth-order valence-electron chi connectivity index (χ4n) is 2.49. The third-order valence-electron chi connectivity index (χ3n) is 3.71. The van der Waals surface area contributed by atoms with Gasteiger partial charge in [-0.1, -0.05) is 11.6 Å². The Morgan fingerprint density at radius 1 is 1.33 bits per heavy atom. The first-order valence-corrected chi connectivity index (χ1v) is 8.10. The van der Waals surface area contributed by atoms with Gasteiger partial charge in [-0.3, -0.25) is 4.79 Å². The standard InChI is InChI=1S/C17H18ClN3O3/c1-12-19-8-6-16(20-12)24-15-7-9-21(10-15)17(22)11-23-14-4-2-13(18)3-5-14/h2-6,8,15H,7,9-11H2,1H3/t15-/m1/s1. The summed E-state index contributed by atoms with van der Waals surface area (Å²) >= 11 is 5.82. The molecular formula is C17H18ClN3O3. The number of rotatable bonds is 5. The van der Waals surface area contributed by atoms with Crippen LogP contribution < -0.4 is 9.47 Å². The largest absolute Gasteiger partial charge is 0.484 e. The summed E-state index contributed by atoms with van der Waals surface area (Å²) in [5.74, 6) is 1.76. The maximum atomic E-state index is 12.2. The van der Waals surface area contributed by atoms with E-state index >= 15 is 0 Å². The zero-order valence-corrected chi connectivity index (χ0v) is 14.1. The lowest BCUT2D eigenvalue weighted by Gasteiger charge is -2.17. The molecule has 1 aliphatic rings. The fourth-order valence-corrected chi connectivity index (χ4v) is 2.61. The van der Waals surface area contributed by atoms with E-state index in [0.717, 1.165) is 6.42 Å². The van der Waals surface area contributed by atoms with Crippen molar-refractivity contribution in [3.8, 4) is 11.6 Å². The molecule has 1 atom stereocenters. The quantitative estimate of drug-likeness (QED) is 0.831. The molecule has 1 saturated heterocycles.